The number of thioether (sulfide) groups is 1. The molecule has 2 heterocycles. The molecule has 9 heteroatoms. The Bertz CT molecular complexity index is 1380. The minimum absolute atomic E-state index is 0.121. The average molecular weight is 559 g/mol. The Morgan fingerprint density at radius 3 is 2.53 bits per heavy atom. The summed E-state index contributed by atoms with van der Waals surface area (Å²) in [6.07, 6.45) is 1.91. The number of rotatable bonds is 8. The van der Waals surface area contributed by atoms with E-state index in [-0.39, 0.29) is 17.2 Å². The van der Waals surface area contributed by atoms with Crippen molar-refractivity contribution in [1.29, 1.82) is 0 Å². The van der Waals surface area contributed by atoms with Gasteiger partial charge in [-0.2, -0.15) is 0 Å². The number of benzene rings is 2. The molecule has 1 amide bonds. The Morgan fingerprint density at radius 2 is 1.88 bits per heavy atom. The van der Waals surface area contributed by atoms with Crippen LogP contribution in [0.4, 0.5) is 5.69 Å². The van der Waals surface area contributed by atoms with Gasteiger partial charge in [-0.25, -0.2) is 4.98 Å². The maximum atomic E-state index is 13.7. The average Bonchev–Trinajstić information content (AvgIpc) is 3.15. The van der Waals surface area contributed by atoms with Crippen LogP contribution in [0.1, 0.15) is 23.8 Å². The van der Waals surface area contributed by atoms with E-state index >= 15 is 0 Å². The van der Waals surface area contributed by atoms with Gasteiger partial charge < -0.3 is 10.1 Å². The van der Waals surface area contributed by atoms with Crippen molar-refractivity contribution < 1.29 is 9.53 Å². The standard InChI is InChI=1S/C25H24BrN3O3S2/c1-4-5-20-15(2)22-23(34-20)28-25(29(24(22)31)18-10-12-19(32-3)13-11-18)33-14-21(30)27-17-8-6-16(26)7-9-17/h6-13H,4-5,14H2,1-3H3,(H,27,30). The molecule has 6 nitrogen and oxygen atoms in total. The molecule has 0 fully saturated rings. The molecule has 0 radical (unpaired) electrons. The Hall–Kier alpha value is -2.62. The van der Waals surface area contributed by atoms with Crippen LogP contribution >= 0.6 is 39.0 Å². The van der Waals surface area contributed by atoms with Crippen LogP contribution < -0.4 is 15.6 Å². The molecule has 1 N–H and O–H groups in total. The first-order valence-electron chi connectivity index (χ1n) is 10.8. The number of carbonyl (C=O) groups is 1. The lowest BCUT2D eigenvalue weighted by atomic mass is 10.1. The number of nitrogens with zero attached hydrogens (tertiary/aromatic N) is 2. The monoisotopic (exact) mass is 557 g/mol. The zero-order chi connectivity index (χ0) is 24.2. The topological polar surface area (TPSA) is 73.2 Å². The van der Waals surface area contributed by atoms with Crippen molar-refractivity contribution in [3.05, 3.63) is 73.8 Å². The second kappa shape index (κ2) is 10.8. The van der Waals surface area contributed by atoms with Crippen LogP contribution in [0.15, 0.2) is 63.0 Å². The highest BCUT2D eigenvalue weighted by Gasteiger charge is 2.20. The molecule has 0 saturated heterocycles. The smallest absolute Gasteiger partial charge is 0.267 e. The number of carbonyl (C=O) groups excluding carboxylic acids is 1. The van der Waals surface area contributed by atoms with Crippen LogP contribution in [0.2, 0.25) is 0 Å². The lowest BCUT2D eigenvalue weighted by Crippen LogP contribution is -2.22. The van der Waals surface area contributed by atoms with Crippen molar-refractivity contribution in [1.82, 2.24) is 9.55 Å². The van der Waals surface area contributed by atoms with Crippen LogP contribution in [0.25, 0.3) is 15.9 Å². The van der Waals surface area contributed by atoms with E-state index in [1.54, 1.807) is 23.0 Å². The Kier molecular flexibility index (Phi) is 7.75. The summed E-state index contributed by atoms with van der Waals surface area (Å²) in [4.78, 5) is 33.0. The van der Waals surface area contributed by atoms with Gasteiger partial charge in [-0.15, -0.1) is 11.3 Å². The van der Waals surface area contributed by atoms with Gasteiger partial charge in [0.1, 0.15) is 10.6 Å². The van der Waals surface area contributed by atoms with Gasteiger partial charge in [-0.05, 0) is 67.4 Å². The molecule has 176 valence electrons. The number of hydrogen-bond acceptors (Lipinski definition) is 6. The van der Waals surface area contributed by atoms with Crippen LogP contribution in [0.3, 0.4) is 0 Å². The van der Waals surface area contributed by atoms with E-state index in [2.05, 4.69) is 28.2 Å². The molecule has 0 spiro atoms. The van der Waals surface area contributed by atoms with Gasteiger partial charge in [0.25, 0.3) is 5.56 Å². The van der Waals surface area contributed by atoms with Gasteiger partial charge in [0.15, 0.2) is 5.16 Å². The first kappa shape index (κ1) is 24.5. The van der Waals surface area contributed by atoms with Crippen molar-refractivity contribution in [2.24, 2.45) is 0 Å². The number of hydrogen-bond donors (Lipinski definition) is 1. The highest BCUT2D eigenvalue weighted by molar-refractivity contribution is 9.10. The molecular formula is C25H24BrN3O3S2. The third-order valence-electron chi connectivity index (χ3n) is 5.30. The van der Waals surface area contributed by atoms with Gasteiger partial charge in [-0.3, -0.25) is 14.2 Å². The number of halogens is 1. The summed E-state index contributed by atoms with van der Waals surface area (Å²) in [6.45, 7) is 4.11. The molecule has 0 aliphatic heterocycles. The summed E-state index contributed by atoms with van der Waals surface area (Å²) in [6, 6.07) is 14.7. The molecule has 0 aliphatic carbocycles. The Labute approximate surface area is 214 Å². The SMILES string of the molecule is CCCc1sc2nc(SCC(=O)Nc3ccc(Br)cc3)n(-c3ccc(OC)cc3)c(=O)c2c1C. The molecule has 34 heavy (non-hydrogen) atoms. The summed E-state index contributed by atoms with van der Waals surface area (Å²) < 4.78 is 7.80. The van der Waals surface area contributed by atoms with E-state index in [0.717, 1.165) is 22.9 Å². The van der Waals surface area contributed by atoms with Gasteiger partial charge in [0, 0.05) is 15.0 Å². The fraction of sp³-hybridized carbons (Fsp3) is 0.240. The maximum Gasteiger partial charge on any atom is 0.267 e. The normalized spacial score (nSPS) is 11.1. The highest BCUT2D eigenvalue weighted by Crippen LogP contribution is 2.31. The third-order valence-corrected chi connectivity index (χ3v) is 8.01. The number of nitrogens with one attached hydrogen (secondary N) is 1. The summed E-state index contributed by atoms with van der Waals surface area (Å²) in [7, 11) is 1.60. The van der Waals surface area contributed by atoms with Gasteiger partial charge in [-0.1, -0.05) is 41.0 Å². The molecule has 0 aliphatic rings. The van der Waals surface area contributed by atoms with E-state index in [9.17, 15) is 9.59 Å². The second-order valence-electron chi connectivity index (χ2n) is 7.66. The summed E-state index contributed by atoms with van der Waals surface area (Å²) in [5.74, 6) is 0.652. The van der Waals surface area contributed by atoms with Crippen LogP contribution in [-0.2, 0) is 11.2 Å². The van der Waals surface area contributed by atoms with E-state index in [4.69, 9.17) is 9.72 Å². The molecule has 2 aromatic carbocycles. The summed E-state index contributed by atoms with van der Waals surface area (Å²) in [5.41, 5.74) is 2.26. The molecular weight excluding hydrogens is 534 g/mol. The van der Waals surface area contributed by atoms with Crippen molar-refractivity contribution in [3.63, 3.8) is 0 Å². The van der Waals surface area contributed by atoms with Crippen LogP contribution in [-0.4, -0.2) is 28.3 Å². The minimum Gasteiger partial charge on any atom is -0.497 e. The molecule has 4 aromatic rings. The summed E-state index contributed by atoms with van der Waals surface area (Å²) in [5, 5.41) is 4.02. The molecule has 0 saturated carbocycles. The summed E-state index contributed by atoms with van der Waals surface area (Å²) >= 11 is 6.20. The molecule has 0 unspecified atom stereocenters. The molecule has 4 rings (SSSR count). The predicted octanol–water partition coefficient (Wildman–Crippen LogP) is 6.21. The zero-order valence-electron chi connectivity index (χ0n) is 19.1. The van der Waals surface area contributed by atoms with Crippen molar-refractivity contribution >= 4 is 60.8 Å². The van der Waals surface area contributed by atoms with Crippen molar-refractivity contribution in [2.45, 2.75) is 31.8 Å². The number of amides is 1. The Balaban J connectivity index is 1.71. The molecule has 0 atom stereocenters. The third kappa shape index (κ3) is 5.21. The fourth-order valence-corrected chi connectivity index (χ4v) is 5.99. The first-order valence-corrected chi connectivity index (χ1v) is 13.4. The minimum atomic E-state index is -0.169. The molecule has 0 bridgehead atoms. The van der Waals surface area contributed by atoms with Gasteiger partial charge >= 0.3 is 0 Å². The second-order valence-corrected chi connectivity index (χ2v) is 10.6. The van der Waals surface area contributed by atoms with E-state index in [1.165, 1.54) is 16.6 Å². The van der Waals surface area contributed by atoms with E-state index in [0.29, 0.717) is 32.5 Å². The predicted molar refractivity (Wildman–Crippen MR) is 144 cm³/mol. The number of methoxy groups -OCH3 is 1. The number of anilines is 1. The van der Waals surface area contributed by atoms with Crippen molar-refractivity contribution in [2.75, 3.05) is 18.2 Å². The van der Waals surface area contributed by atoms with Gasteiger partial charge in [0.05, 0.1) is 23.9 Å². The quantitative estimate of drug-likeness (QED) is 0.206. The lowest BCUT2D eigenvalue weighted by molar-refractivity contribution is -0.113. The van der Waals surface area contributed by atoms with Gasteiger partial charge in [0.2, 0.25) is 5.91 Å². The fourth-order valence-electron chi connectivity index (χ4n) is 3.59. The van der Waals surface area contributed by atoms with Crippen LogP contribution in [0.5, 0.6) is 5.75 Å². The number of thiophene rings is 1. The highest BCUT2D eigenvalue weighted by atomic mass is 79.9. The number of aromatic nitrogens is 2. The zero-order valence-corrected chi connectivity index (χ0v) is 22.3. The number of aryl methyl sites for hydroxylation is 2. The number of fused-ring (bicyclic) bond motifs is 1. The first-order chi connectivity index (χ1) is 16.4. The lowest BCUT2D eigenvalue weighted by Gasteiger charge is -2.13. The maximum absolute atomic E-state index is 13.7. The van der Waals surface area contributed by atoms with Crippen molar-refractivity contribution in [3.8, 4) is 11.4 Å². The van der Waals surface area contributed by atoms with Crippen LogP contribution in [0, 0.1) is 6.92 Å². The molecule has 2 aromatic heterocycles. The van der Waals surface area contributed by atoms with E-state index in [1.807, 2.05) is 55.5 Å². The number of ether oxygens (including phenoxy) is 1. The largest absolute Gasteiger partial charge is 0.497 e. The Morgan fingerprint density at radius 1 is 1.18 bits per heavy atom. The van der Waals surface area contributed by atoms with E-state index < -0.39 is 0 Å².